The summed E-state index contributed by atoms with van der Waals surface area (Å²) in [5, 5.41) is 5.65. The first-order valence-corrected chi connectivity index (χ1v) is 10.4. The van der Waals surface area contributed by atoms with Gasteiger partial charge in [-0.1, -0.05) is 38.4 Å². The molecule has 0 aliphatic carbocycles. The molecule has 8 heteroatoms. The van der Waals surface area contributed by atoms with E-state index in [-0.39, 0.29) is 33.1 Å². The van der Waals surface area contributed by atoms with Crippen LogP contribution in [0.3, 0.4) is 0 Å². The minimum Gasteiger partial charge on any atom is -0.326 e. The number of hydrogen-bond acceptors (Lipinski definition) is 4. The van der Waals surface area contributed by atoms with Crippen molar-refractivity contribution >= 4 is 44.6 Å². The topological polar surface area (TPSA) is 92.3 Å². The van der Waals surface area contributed by atoms with Gasteiger partial charge < -0.3 is 10.6 Å². The smallest absolute Gasteiger partial charge is 0.257 e. The van der Waals surface area contributed by atoms with Gasteiger partial charge in [0.15, 0.2) is 9.84 Å². The molecule has 27 heavy (non-hydrogen) atoms. The molecule has 144 valence electrons. The van der Waals surface area contributed by atoms with Crippen LogP contribution in [0.25, 0.3) is 0 Å². The van der Waals surface area contributed by atoms with Gasteiger partial charge in [0.25, 0.3) is 5.91 Å². The fourth-order valence-electron chi connectivity index (χ4n) is 2.27. The lowest BCUT2D eigenvalue weighted by Gasteiger charge is -2.12. The molecule has 2 aromatic carbocycles. The summed E-state index contributed by atoms with van der Waals surface area (Å²) in [5.74, 6) is -1.07. The van der Waals surface area contributed by atoms with Crippen molar-refractivity contribution in [2.24, 2.45) is 5.92 Å². The molecule has 0 aliphatic heterocycles. The fourth-order valence-corrected chi connectivity index (χ4v) is 3.51. The van der Waals surface area contributed by atoms with Crippen LogP contribution < -0.4 is 10.6 Å². The normalized spacial score (nSPS) is 11.3. The molecule has 0 radical (unpaired) electrons. The van der Waals surface area contributed by atoms with E-state index in [0.29, 0.717) is 11.4 Å². The van der Waals surface area contributed by atoms with E-state index >= 15 is 0 Å². The molecule has 2 amide bonds. The Morgan fingerprint density at radius 3 is 2.26 bits per heavy atom. The number of hydrogen-bond donors (Lipinski definition) is 2. The largest absolute Gasteiger partial charge is 0.326 e. The minimum atomic E-state index is -3.59. The number of halogens is 1. The second-order valence-corrected chi connectivity index (χ2v) is 8.91. The first-order valence-electron chi connectivity index (χ1n) is 8.38. The highest BCUT2D eigenvalue weighted by Crippen LogP contribution is 2.24. The molecule has 0 fully saturated rings. The third-order valence-corrected chi connectivity index (χ3v) is 5.83. The van der Waals surface area contributed by atoms with Crippen molar-refractivity contribution < 1.29 is 18.0 Å². The van der Waals surface area contributed by atoms with Crippen LogP contribution in [0.1, 0.15) is 31.1 Å². The summed E-state index contributed by atoms with van der Waals surface area (Å²) in [6, 6.07) is 10.7. The summed E-state index contributed by atoms with van der Waals surface area (Å²) in [6.45, 7) is 5.05. The van der Waals surface area contributed by atoms with E-state index in [1.54, 1.807) is 38.1 Å². The van der Waals surface area contributed by atoms with Crippen LogP contribution in [-0.4, -0.2) is 26.0 Å². The van der Waals surface area contributed by atoms with Crippen molar-refractivity contribution in [3.8, 4) is 0 Å². The van der Waals surface area contributed by atoms with Crippen molar-refractivity contribution in [1.29, 1.82) is 0 Å². The Bertz CT molecular complexity index is 971. The molecule has 2 rings (SSSR count). The summed E-state index contributed by atoms with van der Waals surface area (Å²) in [7, 11) is -3.59. The zero-order chi connectivity index (χ0) is 20.2. The Balaban J connectivity index is 2.31. The third kappa shape index (κ3) is 5.30. The Morgan fingerprint density at radius 1 is 1.04 bits per heavy atom. The summed E-state index contributed by atoms with van der Waals surface area (Å²) in [5.41, 5.74) is 0.918. The molecule has 0 saturated heterocycles. The van der Waals surface area contributed by atoms with Gasteiger partial charge >= 0.3 is 0 Å². The van der Waals surface area contributed by atoms with Crippen molar-refractivity contribution in [2.75, 3.05) is 16.4 Å². The zero-order valence-electron chi connectivity index (χ0n) is 15.2. The van der Waals surface area contributed by atoms with Gasteiger partial charge in [-0.3, -0.25) is 9.59 Å². The molecule has 0 aromatic heterocycles. The molecular formula is C19H21ClN2O4S. The second-order valence-electron chi connectivity index (χ2n) is 6.22. The van der Waals surface area contributed by atoms with Gasteiger partial charge in [0.2, 0.25) is 5.91 Å². The molecule has 0 bridgehead atoms. The number of rotatable bonds is 6. The fraction of sp³-hybridized carbons (Fsp3) is 0.263. The van der Waals surface area contributed by atoms with E-state index in [9.17, 15) is 18.0 Å². The summed E-state index contributed by atoms with van der Waals surface area (Å²) in [4.78, 5) is 24.4. The Morgan fingerprint density at radius 2 is 1.67 bits per heavy atom. The van der Waals surface area contributed by atoms with Gasteiger partial charge in [-0.15, -0.1) is 0 Å². The summed E-state index contributed by atoms with van der Waals surface area (Å²) >= 11 is 5.95. The Kier molecular flexibility index (Phi) is 6.62. The minimum absolute atomic E-state index is 0.0269. The SMILES string of the molecule is CCS(=O)(=O)c1ccc(Cl)cc1C(=O)Nc1cccc(NC(=O)C(C)C)c1. The van der Waals surface area contributed by atoms with Gasteiger partial charge in [-0.05, 0) is 36.4 Å². The zero-order valence-corrected chi connectivity index (χ0v) is 16.8. The lowest BCUT2D eigenvalue weighted by Crippen LogP contribution is -2.19. The number of benzene rings is 2. The van der Waals surface area contributed by atoms with E-state index in [2.05, 4.69) is 10.6 Å². The summed E-state index contributed by atoms with van der Waals surface area (Å²) < 4.78 is 24.5. The number of sulfone groups is 1. The highest BCUT2D eigenvalue weighted by atomic mass is 35.5. The van der Waals surface area contributed by atoms with Crippen LogP contribution in [0.4, 0.5) is 11.4 Å². The highest BCUT2D eigenvalue weighted by Gasteiger charge is 2.21. The van der Waals surface area contributed by atoms with Crippen molar-refractivity contribution in [3.05, 3.63) is 53.1 Å². The Labute approximate surface area is 163 Å². The molecular weight excluding hydrogens is 388 g/mol. The lowest BCUT2D eigenvalue weighted by atomic mass is 10.2. The van der Waals surface area contributed by atoms with Crippen LogP contribution in [0.5, 0.6) is 0 Å². The number of nitrogens with one attached hydrogen (secondary N) is 2. The van der Waals surface area contributed by atoms with Crippen LogP contribution in [0.15, 0.2) is 47.4 Å². The predicted octanol–water partition coefficient (Wildman–Crippen LogP) is 3.98. The van der Waals surface area contributed by atoms with Gasteiger partial charge in [0.05, 0.1) is 16.2 Å². The molecule has 0 spiro atoms. The molecule has 0 aliphatic rings. The highest BCUT2D eigenvalue weighted by molar-refractivity contribution is 7.91. The quantitative estimate of drug-likeness (QED) is 0.756. The van der Waals surface area contributed by atoms with Gasteiger partial charge in [-0.25, -0.2) is 8.42 Å². The molecule has 0 heterocycles. The van der Waals surface area contributed by atoms with E-state index in [1.807, 2.05) is 0 Å². The molecule has 0 unspecified atom stereocenters. The standard InChI is InChI=1S/C19H21ClN2O4S/c1-4-27(25,26)17-9-8-13(20)10-16(17)19(24)22-15-7-5-6-14(11-15)21-18(23)12(2)3/h5-12H,4H2,1-3H3,(H,21,23)(H,22,24). The molecule has 0 saturated carbocycles. The maximum Gasteiger partial charge on any atom is 0.257 e. The van der Waals surface area contributed by atoms with E-state index in [0.717, 1.165) is 0 Å². The Hall–Kier alpha value is -2.38. The van der Waals surface area contributed by atoms with Crippen LogP contribution in [-0.2, 0) is 14.6 Å². The van der Waals surface area contributed by atoms with Crippen LogP contribution in [0.2, 0.25) is 5.02 Å². The third-order valence-electron chi connectivity index (χ3n) is 3.81. The van der Waals surface area contributed by atoms with Crippen LogP contribution in [0, 0.1) is 5.92 Å². The number of anilines is 2. The number of amides is 2. The monoisotopic (exact) mass is 408 g/mol. The first-order chi connectivity index (χ1) is 12.6. The van der Waals surface area contributed by atoms with E-state index in [1.165, 1.54) is 25.1 Å². The average molecular weight is 409 g/mol. The first kappa shape index (κ1) is 20.9. The molecule has 6 nitrogen and oxygen atoms in total. The summed E-state index contributed by atoms with van der Waals surface area (Å²) in [6.07, 6.45) is 0. The maximum absolute atomic E-state index is 12.7. The second kappa shape index (κ2) is 8.54. The van der Waals surface area contributed by atoms with Gasteiger partial charge in [-0.2, -0.15) is 0 Å². The van der Waals surface area contributed by atoms with Crippen LogP contribution >= 0.6 is 11.6 Å². The average Bonchev–Trinajstić information content (AvgIpc) is 2.61. The van der Waals surface area contributed by atoms with Crippen molar-refractivity contribution in [1.82, 2.24) is 0 Å². The van der Waals surface area contributed by atoms with Gasteiger partial charge in [0, 0.05) is 22.3 Å². The molecule has 0 atom stereocenters. The van der Waals surface area contributed by atoms with Crippen molar-refractivity contribution in [3.63, 3.8) is 0 Å². The van der Waals surface area contributed by atoms with Crippen molar-refractivity contribution in [2.45, 2.75) is 25.7 Å². The lowest BCUT2D eigenvalue weighted by molar-refractivity contribution is -0.118. The van der Waals surface area contributed by atoms with E-state index in [4.69, 9.17) is 11.6 Å². The predicted molar refractivity (Wildman–Crippen MR) is 107 cm³/mol. The maximum atomic E-state index is 12.7. The van der Waals surface area contributed by atoms with Gasteiger partial charge in [0.1, 0.15) is 0 Å². The van der Waals surface area contributed by atoms with E-state index < -0.39 is 15.7 Å². The number of carbonyl (C=O) groups is 2. The number of carbonyl (C=O) groups excluding carboxylic acids is 2. The molecule has 2 aromatic rings. The molecule has 2 N–H and O–H groups in total.